The predicted molar refractivity (Wildman–Crippen MR) is 134 cm³/mol. The van der Waals surface area contributed by atoms with Crippen LogP contribution in [0.1, 0.15) is 61.3 Å². The second-order valence-electron chi connectivity index (χ2n) is 9.38. The predicted octanol–water partition coefficient (Wildman–Crippen LogP) is 4.87. The van der Waals surface area contributed by atoms with Gasteiger partial charge in [0, 0.05) is 12.6 Å². The van der Waals surface area contributed by atoms with Crippen LogP contribution in [0.5, 0.6) is 11.5 Å². The molecule has 0 aromatic heterocycles. The molecule has 2 aromatic rings. The number of ether oxygens (including phenoxy) is 2. The number of carbonyl (C=O) groups excluding carboxylic acids is 2. The van der Waals surface area contributed by atoms with E-state index in [1.807, 2.05) is 51.1 Å². The third-order valence-electron chi connectivity index (χ3n) is 6.75. The van der Waals surface area contributed by atoms with Crippen LogP contribution in [0.4, 0.5) is 0 Å². The van der Waals surface area contributed by atoms with Gasteiger partial charge in [0.15, 0.2) is 6.61 Å². The Bertz CT molecular complexity index is 981. The van der Waals surface area contributed by atoms with Crippen molar-refractivity contribution < 1.29 is 19.1 Å². The number of carbonyl (C=O) groups is 2. The van der Waals surface area contributed by atoms with E-state index >= 15 is 0 Å². The SMILES string of the molecule is COc1ccc(CN(C(=O)COc2cc(C)cc(C)c2C)[C@@H](C)C(=O)NC2CCCCC2)cc1. The van der Waals surface area contributed by atoms with Crippen LogP contribution >= 0.6 is 0 Å². The molecule has 1 aliphatic carbocycles. The molecule has 1 saturated carbocycles. The van der Waals surface area contributed by atoms with Crippen LogP contribution in [0.15, 0.2) is 36.4 Å². The molecular weight excluding hydrogens is 428 g/mol. The van der Waals surface area contributed by atoms with Crippen LogP contribution in [0.3, 0.4) is 0 Å². The first kappa shape index (κ1) is 25.6. The van der Waals surface area contributed by atoms with Gasteiger partial charge in [0.2, 0.25) is 5.91 Å². The molecule has 2 amide bonds. The van der Waals surface area contributed by atoms with Crippen molar-refractivity contribution in [1.29, 1.82) is 0 Å². The van der Waals surface area contributed by atoms with Gasteiger partial charge in [0.05, 0.1) is 7.11 Å². The van der Waals surface area contributed by atoms with Crippen LogP contribution in [0.25, 0.3) is 0 Å². The molecule has 0 saturated heterocycles. The summed E-state index contributed by atoms with van der Waals surface area (Å²) in [6.07, 6.45) is 5.49. The highest BCUT2D eigenvalue weighted by Crippen LogP contribution is 2.24. The van der Waals surface area contributed by atoms with E-state index in [0.29, 0.717) is 12.3 Å². The largest absolute Gasteiger partial charge is 0.497 e. The number of rotatable bonds is 9. The van der Waals surface area contributed by atoms with E-state index in [2.05, 4.69) is 11.4 Å². The summed E-state index contributed by atoms with van der Waals surface area (Å²) in [4.78, 5) is 28.1. The third kappa shape index (κ3) is 6.75. The zero-order chi connectivity index (χ0) is 24.7. The van der Waals surface area contributed by atoms with Gasteiger partial charge in [-0.15, -0.1) is 0 Å². The highest BCUT2D eigenvalue weighted by Gasteiger charge is 2.28. The lowest BCUT2D eigenvalue weighted by Gasteiger charge is -2.31. The summed E-state index contributed by atoms with van der Waals surface area (Å²) in [6.45, 7) is 8.02. The smallest absolute Gasteiger partial charge is 0.261 e. The van der Waals surface area contributed by atoms with Crippen molar-refractivity contribution in [2.45, 2.75) is 78.4 Å². The zero-order valence-corrected chi connectivity index (χ0v) is 21.1. The van der Waals surface area contributed by atoms with Crippen molar-refractivity contribution in [1.82, 2.24) is 10.2 Å². The first-order chi connectivity index (χ1) is 16.3. The first-order valence-corrected chi connectivity index (χ1v) is 12.2. The molecule has 0 aliphatic heterocycles. The Morgan fingerprint density at radius 2 is 1.74 bits per heavy atom. The van der Waals surface area contributed by atoms with E-state index in [1.165, 1.54) is 6.42 Å². The number of hydrogen-bond acceptors (Lipinski definition) is 4. The molecule has 34 heavy (non-hydrogen) atoms. The van der Waals surface area contributed by atoms with Gasteiger partial charge < -0.3 is 19.7 Å². The number of nitrogens with zero attached hydrogens (tertiary/aromatic N) is 1. The van der Waals surface area contributed by atoms with Gasteiger partial charge in [-0.1, -0.05) is 37.5 Å². The van der Waals surface area contributed by atoms with Crippen molar-refractivity contribution in [3.8, 4) is 11.5 Å². The van der Waals surface area contributed by atoms with Gasteiger partial charge in [0.1, 0.15) is 17.5 Å². The minimum Gasteiger partial charge on any atom is -0.497 e. The van der Waals surface area contributed by atoms with Gasteiger partial charge in [-0.05, 0) is 81.0 Å². The molecule has 1 N–H and O–H groups in total. The summed E-state index contributed by atoms with van der Waals surface area (Å²) in [5.41, 5.74) is 4.15. The van der Waals surface area contributed by atoms with Gasteiger partial charge in [-0.3, -0.25) is 9.59 Å². The molecule has 3 rings (SSSR count). The van der Waals surface area contributed by atoms with E-state index in [-0.39, 0.29) is 24.5 Å². The Morgan fingerprint density at radius 1 is 1.06 bits per heavy atom. The number of hydrogen-bond donors (Lipinski definition) is 1. The Kier molecular flexibility index (Phi) is 8.97. The Labute approximate surface area is 203 Å². The zero-order valence-electron chi connectivity index (χ0n) is 21.1. The van der Waals surface area contributed by atoms with Crippen molar-refractivity contribution in [2.75, 3.05) is 13.7 Å². The number of methoxy groups -OCH3 is 1. The molecule has 2 aromatic carbocycles. The standard InChI is InChI=1S/C28H38N2O4/c1-19-15-20(2)21(3)26(16-19)34-18-27(31)30(17-23-11-13-25(33-5)14-12-23)22(4)28(32)29-24-9-7-6-8-10-24/h11-16,22,24H,6-10,17-18H2,1-5H3,(H,29,32)/t22-/m0/s1. The Morgan fingerprint density at radius 3 is 2.38 bits per heavy atom. The quantitative estimate of drug-likeness (QED) is 0.573. The fraction of sp³-hybridized carbons (Fsp3) is 0.500. The summed E-state index contributed by atoms with van der Waals surface area (Å²) < 4.78 is 11.2. The summed E-state index contributed by atoms with van der Waals surface area (Å²) >= 11 is 0. The fourth-order valence-electron chi connectivity index (χ4n) is 4.45. The Balaban J connectivity index is 1.75. The Hall–Kier alpha value is -3.02. The molecule has 0 bridgehead atoms. The monoisotopic (exact) mass is 466 g/mol. The second kappa shape index (κ2) is 11.9. The van der Waals surface area contributed by atoms with E-state index in [4.69, 9.17) is 9.47 Å². The van der Waals surface area contributed by atoms with E-state index in [0.717, 1.165) is 53.7 Å². The summed E-state index contributed by atoms with van der Waals surface area (Å²) in [7, 11) is 1.62. The van der Waals surface area contributed by atoms with Crippen molar-refractivity contribution in [3.63, 3.8) is 0 Å². The van der Waals surface area contributed by atoms with Gasteiger partial charge >= 0.3 is 0 Å². The first-order valence-electron chi connectivity index (χ1n) is 12.2. The van der Waals surface area contributed by atoms with Crippen LogP contribution in [0.2, 0.25) is 0 Å². The third-order valence-corrected chi connectivity index (χ3v) is 6.75. The average Bonchev–Trinajstić information content (AvgIpc) is 2.84. The van der Waals surface area contributed by atoms with Crippen LogP contribution < -0.4 is 14.8 Å². The van der Waals surface area contributed by atoms with Gasteiger partial charge in [-0.25, -0.2) is 0 Å². The van der Waals surface area contributed by atoms with Crippen LogP contribution in [-0.2, 0) is 16.1 Å². The van der Waals surface area contributed by atoms with E-state index < -0.39 is 6.04 Å². The molecule has 6 nitrogen and oxygen atoms in total. The molecule has 1 aliphatic rings. The number of nitrogens with one attached hydrogen (secondary N) is 1. The topological polar surface area (TPSA) is 67.9 Å². The molecule has 6 heteroatoms. The van der Waals surface area contributed by atoms with Crippen molar-refractivity contribution >= 4 is 11.8 Å². The van der Waals surface area contributed by atoms with Crippen molar-refractivity contribution in [2.24, 2.45) is 0 Å². The lowest BCUT2D eigenvalue weighted by molar-refractivity contribution is -0.142. The molecule has 184 valence electrons. The lowest BCUT2D eigenvalue weighted by Crippen LogP contribution is -2.51. The molecule has 0 unspecified atom stereocenters. The fourth-order valence-corrected chi connectivity index (χ4v) is 4.45. The van der Waals surface area contributed by atoms with E-state index in [9.17, 15) is 9.59 Å². The number of benzene rings is 2. The number of aryl methyl sites for hydroxylation is 2. The molecule has 0 heterocycles. The molecule has 0 radical (unpaired) electrons. The number of amides is 2. The highest BCUT2D eigenvalue weighted by molar-refractivity contribution is 5.88. The minimum absolute atomic E-state index is 0.114. The average molecular weight is 467 g/mol. The molecule has 0 spiro atoms. The van der Waals surface area contributed by atoms with Gasteiger partial charge in [0.25, 0.3) is 5.91 Å². The molecular formula is C28H38N2O4. The lowest BCUT2D eigenvalue weighted by atomic mass is 9.95. The normalized spacial score (nSPS) is 14.9. The van der Waals surface area contributed by atoms with Gasteiger partial charge in [-0.2, -0.15) is 0 Å². The van der Waals surface area contributed by atoms with Crippen LogP contribution in [0, 0.1) is 20.8 Å². The summed E-state index contributed by atoms with van der Waals surface area (Å²) in [5.74, 6) is 1.12. The minimum atomic E-state index is -0.611. The maximum atomic E-state index is 13.4. The molecule has 1 fully saturated rings. The maximum absolute atomic E-state index is 13.4. The highest BCUT2D eigenvalue weighted by atomic mass is 16.5. The molecule has 1 atom stereocenters. The van der Waals surface area contributed by atoms with E-state index in [1.54, 1.807) is 18.9 Å². The summed E-state index contributed by atoms with van der Waals surface area (Å²) in [5, 5.41) is 3.16. The van der Waals surface area contributed by atoms with Crippen molar-refractivity contribution in [3.05, 3.63) is 58.7 Å². The van der Waals surface area contributed by atoms with Crippen LogP contribution in [-0.4, -0.2) is 42.5 Å². The second-order valence-corrected chi connectivity index (χ2v) is 9.38. The summed E-state index contributed by atoms with van der Waals surface area (Å²) in [6, 6.07) is 11.2. The maximum Gasteiger partial charge on any atom is 0.261 e.